The van der Waals surface area contributed by atoms with Crippen LogP contribution in [0, 0.1) is 23.3 Å². The van der Waals surface area contributed by atoms with E-state index in [1.54, 1.807) is 0 Å². The van der Waals surface area contributed by atoms with Gasteiger partial charge in [-0.05, 0) is 0 Å². The fourth-order valence-corrected chi connectivity index (χ4v) is 1.26. The van der Waals surface area contributed by atoms with Crippen molar-refractivity contribution in [2.75, 3.05) is 0 Å². The van der Waals surface area contributed by atoms with Gasteiger partial charge in [0.25, 0.3) is 0 Å². The van der Waals surface area contributed by atoms with Gasteiger partial charge in [-0.3, -0.25) is 4.79 Å². The molecule has 1 aromatic rings. The molecular weight excluding hydrogens is 272 g/mol. The molecule has 19 heavy (non-hydrogen) atoms. The van der Waals surface area contributed by atoms with Gasteiger partial charge >= 0.3 is 11.9 Å². The van der Waals surface area contributed by atoms with E-state index in [1.807, 2.05) is 0 Å². The first-order valence-electron chi connectivity index (χ1n) is 4.75. The van der Waals surface area contributed by atoms with Crippen molar-refractivity contribution in [1.82, 2.24) is 0 Å². The SMILES string of the molecule is O=C(O)CC=Cc1c(F)c(F)c(C(=O)O)c(F)c1F. The van der Waals surface area contributed by atoms with Gasteiger partial charge in [0.15, 0.2) is 23.3 Å². The molecule has 0 heterocycles. The molecule has 102 valence electrons. The number of benzene rings is 1. The lowest BCUT2D eigenvalue weighted by atomic mass is 10.1. The average molecular weight is 278 g/mol. The molecule has 4 nitrogen and oxygen atoms in total. The predicted octanol–water partition coefficient (Wildman–Crippen LogP) is 2.43. The van der Waals surface area contributed by atoms with Crippen molar-refractivity contribution >= 4 is 18.0 Å². The van der Waals surface area contributed by atoms with Gasteiger partial charge < -0.3 is 10.2 Å². The second-order valence-electron chi connectivity index (χ2n) is 3.35. The number of aromatic carboxylic acids is 1. The molecule has 0 spiro atoms. The van der Waals surface area contributed by atoms with Gasteiger partial charge in [0.05, 0.1) is 12.0 Å². The molecule has 0 fully saturated rings. The van der Waals surface area contributed by atoms with Crippen molar-refractivity contribution in [2.45, 2.75) is 6.42 Å². The molecule has 8 heteroatoms. The van der Waals surface area contributed by atoms with Crippen LogP contribution >= 0.6 is 0 Å². The van der Waals surface area contributed by atoms with Gasteiger partial charge in [-0.2, -0.15) is 0 Å². The second-order valence-corrected chi connectivity index (χ2v) is 3.35. The minimum absolute atomic E-state index is 0.524. The van der Waals surface area contributed by atoms with Crippen LogP contribution in [0.5, 0.6) is 0 Å². The molecule has 0 aromatic heterocycles. The highest BCUT2D eigenvalue weighted by molar-refractivity contribution is 5.88. The zero-order valence-electron chi connectivity index (χ0n) is 9.08. The summed E-state index contributed by atoms with van der Waals surface area (Å²) < 4.78 is 53.1. The van der Waals surface area contributed by atoms with Gasteiger partial charge in [0, 0.05) is 0 Å². The number of hydrogen-bond acceptors (Lipinski definition) is 2. The van der Waals surface area contributed by atoms with E-state index in [0.717, 1.165) is 6.08 Å². The van der Waals surface area contributed by atoms with Gasteiger partial charge in [-0.25, -0.2) is 22.4 Å². The number of carbonyl (C=O) groups is 2. The van der Waals surface area contributed by atoms with E-state index >= 15 is 0 Å². The minimum atomic E-state index is -2.16. The van der Waals surface area contributed by atoms with Crippen LogP contribution in [0.2, 0.25) is 0 Å². The quantitative estimate of drug-likeness (QED) is 0.655. The Bertz CT molecular complexity index is 552. The van der Waals surface area contributed by atoms with Crippen molar-refractivity contribution < 1.29 is 37.4 Å². The largest absolute Gasteiger partial charge is 0.481 e. The van der Waals surface area contributed by atoms with Crippen LogP contribution in [-0.4, -0.2) is 22.2 Å². The van der Waals surface area contributed by atoms with E-state index in [-0.39, 0.29) is 0 Å². The summed E-state index contributed by atoms with van der Waals surface area (Å²) in [6.45, 7) is 0. The smallest absolute Gasteiger partial charge is 0.341 e. The third-order valence-electron chi connectivity index (χ3n) is 2.09. The number of carboxylic acid groups (broad SMARTS) is 2. The Morgan fingerprint density at radius 1 is 0.947 bits per heavy atom. The normalized spacial score (nSPS) is 10.9. The van der Waals surface area contributed by atoms with Crippen molar-refractivity contribution in [1.29, 1.82) is 0 Å². The molecule has 1 rings (SSSR count). The topological polar surface area (TPSA) is 74.6 Å². The molecule has 0 unspecified atom stereocenters. The van der Waals surface area contributed by atoms with E-state index in [1.165, 1.54) is 0 Å². The first-order valence-corrected chi connectivity index (χ1v) is 4.75. The summed E-state index contributed by atoms with van der Waals surface area (Å²) in [7, 11) is 0. The molecule has 0 bridgehead atoms. The van der Waals surface area contributed by atoms with Crippen LogP contribution in [0.25, 0.3) is 6.08 Å². The molecule has 0 atom stereocenters. The van der Waals surface area contributed by atoms with E-state index in [2.05, 4.69) is 0 Å². The predicted molar refractivity (Wildman–Crippen MR) is 54.5 cm³/mol. The molecule has 0 radical (unpaired) electrons. The molecule has 1 aromatic carbocycles. The Balaban J connectivity index is 3.40. The maximum absolute atomic E-state index is 13.3. The first kappa shape index (κ1) is 14.7. The molecule has 0 aliphatic rings. The summed E-state index contributed by atoms with van der Waals surface area (Å²) in [4.78, 5) is 20.6. The fourth-order valence-electron chi connectivity index (χ4n) is 1.26. The summed E-state index contributed by atoms with van der Waals surface area (Å²) >= 11 is 0. The number of aliphatic carboxylic acids is 1. The van der Waals surface area contributed by atoms with E-state index in [0.29, 0.717) is 6.08 Å². The monoisotopic (exact) mass is 278 g/mol. The second kappa shape index (κ2) is 5.51. The minimum Gasteiger partial charge on any atom is -0.481 e. The van der Waals surface area contributed by atoms with Crippen LogP contribution < -0.4 is 0 Å². The van der Waals surface area contributed by atoms with Gasteiger partial charge in [-0.15, -0.1) is 0 Å². The Hall–Kier alpha value is -2.38. The Labute approximate surface area is 103 Å². The molecule has 0 saturated heterocycles. The molecule has 2 N–H and O–H groups in total. The standard InChI is InChI=1S/C11H6F4O4/c12-7-4(2-1-3-5(16)17)8(13)10(15)6(9(7)14)11(18)19/h1-2H,3H2,(H,16,17)(H,18,19). The van der Waals surface area contributed by atoms with Crippen LogP contribution in [0.3, 0.4) is 0 Å². The Morgan fingerprint density at radius 3 is 1.79 bits per heavy atom. The zero-order chi connectivity index (χ0) is 14.7. The number of halogens is 4. The fraction of sp³-hybridized carbons (Fsp3) is 0.0909. The van der Waals surface area contributed by atoms with Crippen LogP contribution in [0.15, 0.2) is 6.08 Å². The van der Waals surface area contributed by atoms with Crippen molar-refractivity contribution in [3.05, 3.63) is 40.5 Å². The number of hydrogen-bond donors (Lipinski definition) is 2. The highest BCUT2D eigenvalue weighted by atomic mass is 19.2. The van der Waals surface area contributed by atoms with E-state index < -0.39 is 52.8 Å². The molecule has 0 saturated carbocycles. The maximum Gasteiger partial charge on any atom is 0.341 e. The van der Waals surface area contributed by atoms with Crippen LogP contribution in [-0.2, 0) is 4.79 Å². The van der Waals surface area contributed by atoms with Crippen LogP contribution in [0.1, 0.15) is 22.3 Å². The molecule has 0 aliphatic heterocycles. The van der Waals surface area contributed by atoms with E-state index in [4.69, 9.17) is 10.2 Å². The third-order valence-corrected chi connectivity index (χ3v) is 2.09. The summed E-state index contributed by atoms with van der Waals surface area (Å²) in [6, 6.07) is 0. The summed E-state index contributed by atoms with van der Waals surface area (Å²) in [5, 5.41) is 16.7. The third kappa shape index (κ3) is 2.90. The molecule has 0 aliphatic carbocycles. The van der Waals surface area contributed by atoms with E-state index in [9.17, 15) is 27.2 Å². The first-order chi connectivity index (χ1) is 8.77. The summed E-state index contributed by atoms with van der Waals surface area (Å²) in [5.74, 6) is -11.4. The highest BCUT2D eigenvalue weighted by Gasteiger charge is 2.28. The Morgan fingerprint density at radius 2 is 1.42 bits per heavy atom. The summed E-state index contributed by atoms with van der Waals surface area (Å²) in [6.07, 6.45) is 0.669. The lowest BCUT2D eigenvalue weighted by molar-refractivity contribution is -0.135. The maximum atomic E-state index is 13.3. The van der Waals surface area contributed by atoms with Gasteiger partial charge in [0.1, 0.15) is 5.56 Å². The lowest BCUT2D eigenvalue weighted by Crippen LogP contribution is -2.11. The van der Waals surface area contributed by atoms with Crippen molar-refractivity contribution in [3.63, 3.8) is 0 Å². The number of carboxylic acids is 2. The zero-order valence-corrected chi connectivity index (χ0v) is 9.08. The highest BCUT2D eigenvalue weighted by Crippen LogP contribution is 2.25. The molecular formula is C11H6F4O4. The van der Waals surface area contributed by atoms with Crippen molar-refractivity contribution in [2.24, 2.45) is 0 Å². The summed E-state index contributed by atoms with van der Waals surface area (Å²) in [5.41, 5.74) is -2.92. The van der Waals surface area contributed by atoms with Gasteiger partial charge in [-0.1, -0.05) is 12.2 Å². The Kier molecular flexibility index (Phi) is 4.26. The number of rotatable bonds is 4. The van der Waals surface area contributed by atoms with Crippen LogP contribution in [0.4, 0.5) is 17.6 Å². The average Bonchev–Trinajstić information content (AvgIpc) is 2.30. The lowest BCUT2D eigenvalue weighted by Gasteiger charge is -2.06. The molecule has 0 amide bonds. The van der Waals surface area contributed by atoms with Crippen molar-refractivity contribution in [3.8, 4) is 0 Å². The van der Waals surface area contributed by atoms with Gasteiger partial charge in [0.2, 0.25) is 0 Å².